The lowest BCUT2D eigenvalue weighted by molar-refractivity contribution is -0.0139. The Morgan fingerprint density at radius 1 is 1.12 bits per heavy atom. The normalized spacial score (nSPS) is 20.6. The molecule has 2 N–H and O–H groups in total. The standard InChI is InChI=1S/C19H33N5O.HI/c1-2-20-18(21-9-14-23-10-3-4-11-23)22-17-19(7-15-25-16-8-19)24-12-5-6-13-24;/h3-4,10-11H,2,5-9,12-17H2,1H3,(H2,20,21,22);1H. The molecule has 2 fully saturated rings. The first kappa shape index (κ1) is 21.5. The predicted octanol–water partition coefficient (Wildman–Crippen LogP) is 2.31. The lowest BCUT2D eigenvalue weighted by atomic mass is 9.88. The van der Waals surface area contributed by atoms with Gasteiger partial charge in [0.25, 0.3) is 0 Å². The van der Waals surface area contributed by atoms with Gasteiger partial charge in [-0.1, -0.05) is 0 Å². The zero-order valence-electron chi connectivity index (χ0n) is 16.0. The molecule has 1 aromatic heterocycles. The number of nitrogens with zero attached hydrogens (tertiary/aromatic N) is 3. The van der Waals surface area contributed by atoms with E-state index in [0.717, 1.165) is 58.2 Å². The Hall–Kier alpha value is -0.800. The van der Waals surface area contributed by atoms with E-state index >= 15 is 0 Å². The number of hydrogen-bond donors (Lipinski definition) is 2. The number of nitrogens with one attached hydrogen (secondary N) is 2. The van der Waals surface area contributed by atoms with Crippen LogP contribution in [0.4, 0.5) is 0 Å². The summed E-state index contributed by atoms with van der Waals surface area (Å²) in [5, 5.41) is 6.86. The van der Waals surface area contributed by atoms with E-state index in [2.05, 4.69) is 51.6 Å². The molecule has 0 unspecified atom stereocenters. The average molecular weight is 475 g/mol. The lowest BCUT2D eigenvalue weighted by Gasteiger charge is -2.43. The van der Waals surface area contributed by atoms with Gasteiger partial charge in [-0.15, -0.1) is 24.0 Å². The number of aliphatic imine (C=N–C) groups is 1. The summed E-state index contributed by atoms with van der Waals surface area (Å²) in [4.78, 5) is 7.63. The van der Waals surface area contributed by atoms with E-state index in [1.807, 2.05) is 0 Å². The minimum atomic E-state index is 0. The summed E-state index contributed by atoms with van der Waals surface area (Å²) in [6.07, 6.45) is 9.02. The number of ether oxygens (including phenoxy) is 1. The molecule has 2 aliphatic heterocycles. The van der Waals surface area contributed by atoms with Crippen molar-refractivity contribution in [1.82, 2.24) is 20.1 Å². The Balaban J connectivity index is 0.00000243. The van der Waals surface area contributed by atoms with Crippen LogP contribution in [0, 0.1) is 0 Å². The average Bonchev–Trinajstić information content (AvgIpc) is 3.34. The van der Waals surface area contributed by atoms with Gasteiger partial charge < -0.3 is 19.9 Å². The second kappa shape index (κ2) is 11.1. The molecule has 0 amide bonds. The van der Waals surface area contributed by atoms with Crippen molar-refractivity contribution in [2.75, 3.05) is 45.9 Å². The van der Waals surface area contributed by atoms with Gasteiger partial charge >= 0.3 is 0 Å². The summed E-state index contributed by atoms with van der Waals surface area (Å²) >= 11 is 0. The van der Waals surface area contributed by atoms with Crippen LogP contribution in [0.15, 0.2) is 29.5 Å². The molecule has 0 aromatic carbocycles. The molecule has 26 heavy (non-hydrogen) atoms. The van der Waals surface area contributed by atoms with Crippen LogP contribution in [0.3, 0.4) is 0 Å². The Kier molecular flexibility index (Phi) is 9.21. The molecule has 0 radical (unpaired) electrons. The van der Waals surface area contributed by atoms with Crippen molar-refractivity contribution in [3.63, 3.8) is 0 Å². The summed E-state index contributed by atoms with van der Waals surface area (Å²) in [6.45, 7) is 9.84. The van der Waals surface area contributed by atoms with Crippen LogP contribution >= 0.6 is 24.0 Å². The Labute approximate surface area is 174 Å². The van der Waals surface area contributed by atoms with Crippen LogP contribution in [0.25, 0.3) is 0 Å². The van der Waals surface area contributed by atoms with Crippen molar-refractivity contribution < 1.29 is 4.74 Å². The van der Waals surface area contributed by atoms with Gasteiger partial charge in [0, 0.05) is 50.8 Å². The molecule has 0 bridgehead atoms. The first-order chi connectivity index (χ1) is 12.3. The molecule has 0 aliphatic carbocycles. The number of likely N-dealkylation sites (tertiary alicyclic amines) is 1. The summed E-state index contributed by atoms with van der Waals surface area (Å²) in [5.41, 5.74) is 0.192. The largest absolute Gasteiger partial charge is 0.381 e. The summed E-state index contributed by atoms with van der Waals surface area (Å²) in [6, 6.07) is 4.12. The van der Waals surface area contributed by atoms with Gasteiger partial charge in [-0.25, -0.2) is 0 Å². The van der Waals surface area contributed by atoms with Gasteiger partial charge in [0.05, 0.1) is 6.54 Å². The van der Waals surface area contributed by atoms with Crippen LogP contribution in [0.2, 0.25) is 0 Å². The maximum absolute atomic E-state index is 5.64. The summed E-state index contributed by atoms with van der Waals surface area (Å²) < 4.78 is 7.82. The third-order valence-corrected chi connectivity index (χ3v) is 5.40. The summed E-state index contributed by atoms with van der Waals surface area (Å²) in [5.74, 6) is 0.930. The number of halogens is 1. The predicted molar refractivity (Wildman–Crippen MR) is 117 cm³/mol. The first-order valence-corrected chi connectivity index (χ1v) is 9.78. The van der Waals surface area contributed by atoms with Gasteiger partial charge in [-0.2, -0.15) is 0 Å². The van der Waals surface area contributed by atoms with Crippen LogP contribution in [0.1, 0.15) is 32.6 Å². The fourth-order valence-corrected chi connectivity index (χ4v) is 3.91. The van der Waals surface area contributed by atoms with E-state index in [0.29, 0.717) is 0 Å². The first-order valence-electron chi connectivity index (χ1n) is 9.78. The van der Waals surface area contributed by atoms with Crippen LogP contribution < -0.4 is 10.6 Å². The molecule has 3 heterocycles. The topological polar surface area (TPSA) is 53.8 Å². The van der Waals surface area contributed by atoms with Crippen LogP contribution in [-0.4, -0.2) is 66.9 Å². The number of rotatable bonds is 7. The maximum atomic E-state index is 5.64. The summed E-state index contributed by atoms with van der Waals surface area (Å²) in [7, 11) is 0. The molecule has 6 nitrogen and oxygen atoms in total. The molecule has 3 rings (SSSR count). The second-order valence-corrected chi connectivity index (χ2v) is 7.07. The Bertz CT molecular complexity index is 522. The van der Waals surface area contributed by atoms with Crippen molar-refractivity contribution in [2.24, 2.45) is 4.99 Å². The highest BCUT2D eigenvalue weighted by Crippen LogP contribution is 2.31. The molecule has 1 aromatic rings. The highest BCUT2D eigenvalue weighted by molar-refractivity contribution is 14.0. The quantitative estimate of drug-likeness (QED) is 0.361. The maximum Gasteiger partial charge on any atom is 0.191 e. The van der Waals surface area contributed by atoms with Crippen molar-refractivity contribution in [1.29, 1.82) is 0 Å². The van der Waals surface area contributed by atoms with Gasteiger partial charge in [0.2, 0.25) is 0 Å². The number of aromatic nitrogens is 1. The molecule has 0 atom stereocenters. The fourth-order valence-electron chi connectivity index (χ4n) is 3.91. The number of guanidine groups is 1. The third-order valence-electron chi connectivity index (χ3n) is 5.40. The smallest absolute Gasteiger partial charge is 0.191 e. The van der Waals surface area contributed by atoms with Gasteiger partial charge in [-0.3, -0.25) is 9.89 Å². The van der Waals surface area contributed by atoms with Crippen molar-refractivity contribution in [2.45, 2.75) is 44.7 Å². The van der Waals surface area contributed by atoms with Crippen molar-refractivity contribution in [3.8, 4) is 0 Å². The molecule has 2 aliphatic rings. The van der Waals surface area contributed by atoms with Gasteiger partial charge in [-0.05, 0) is 57.8 Å². The lowest BCUT2D eigenvalue weighted by Crippen LogP contribution is -2.54. The van der Waals surface area contributed by atoms with Crippen molar-refractivity contribution >= 4 is 29.9 Å². The van der Waals surface area contributed by atoms with E-state index in [4.69, 9.17) is 9.73 Å². The van der Waals surface area contributed by atoms with Gasteiger partial charge in [0.15, 0.2) is 5.96 Å². The van der Waals surface area contributed by atoms with E-state index in [1.165, 1.54) is 25.9 Å². The van der Waals surface area contributed by atoms with E-state index in [-0.39, 0.29) is 29.5 Å². The van der Waals surface area contributed by atoms with Crippen molar-refractivity contribution in [3.05, 3.63) is 24.5 Å². The van der Waals surface area contributed by atoms with Crippen LogP contribution in [-0.2, 0) is 11.3 Å². The third kappa shape index (κ3) is 5.85. The fraction of sp³-hybridized carbons (Fsp3) is 0.737. The van der Waals surface area contributed by atoms with E-state index in [9.17, 15) is 0 Å². The molecular formula is C19H34IN5O. The van der Waals surface area contributed by atoms with Crippen LogP contribution in [0.5, 0.6) is 0 Å². The molecule has 0 saturated carbocycles. The SMILES string of the molecule is CCNC(=NCC1(N2CCCC2)CCOCC1)NCCn1cccc1.I. The van der Waals surface area contributed by atoms with Gasteiger partial charge in [0.1, 0.15) is 0 Å². The zero-order chi connectivity index (χ0) is 17.4. The highest BCUT2D eigenvalue weighted by atomic mass is 127. The number of hydrogen-bond acceptors (Lipinski definition) is 3. The highest BCUT2D eigenvalue weighted by Gasteiger charge is 2.39. The molecular weight excluding hydrogens is 441 g/mol. The zero-order valence-corrected chi connectivity index (χ0v) is 18.3. The molecule has 0 spiro atoms. The Morgan fingerprint density at radius 2 is 1.81 bits per heavy atom. The Morgan fingerprint density at radius 3 is 2.46 bits per heavy atom. The van der Waals surface area contributed by atoms with E-state index < -0.39 is 0 Å². The molecule has 148 valence electrons. The van der Waals surface area contributed by atoms with E-state index in [1.54, 1.807) is 0 Å². The second-order valence-electron chi connectivity index (χ2n) is 7.07. The minimum absolute atomic E-state index is 0. The monoisotopic (exact) mass is 475 g/mol. The molecule has 2 saturated heterocycles. The minimum Gasteiger partial charge on any atom is -0.381 e. The molecule has 7 heteroatoms.